The van der Waals surface area contributed by atoms with E-state index in [4.69, 9.17) is 4.74 Å². The van der Waals surface area contributed by atoms with E-state index in [1.165, 1.54) is 12.8 Å². The van der Waals surface area contributed by atoms with Crippen LogP contribution >= 0.6 is 0 Å². The number of rotatable bonds is 3. The van der Waals surface area contributed by atoms with Gasteiger partial charge >= 0.3 is 0 Å². The summed E-state index contributed by atoms with van der Waals surface area (Å²) in [7, 11) is 4.27. The highest BCUT2D eigenvalue weighted by atomic mass is 16.5. The Morgan fingerprint density at radius 1 is 1.35 bits per heavy atom. The van der Waals surface area contributed by atoms with Crippen molar-refractivity contribution in [2.24, 2.45) is 0 Å². The average molecular weight is 242 g/mol. The van der Waals surface area contributed by atoms with Gasteiger partial charge in [-0.1, -0.05) is 12.8 Å². The lowest BCUT2D eigenvalue weighted by Crippen LogP contribution is -2.50. The Kier molecular flexibility index (Phi) is 4.79. The molecule has 1 aliphatic carbocycles. The fraction of sp³-hybridized carbons (Fsp3) is 1.00. The summed E-state index contributed by atoms with van der Waals surface area (Å²) in [6, 6.07) is 0.333. The van der Waals surface area contributed by atoms with E-state index in [0.29, 0.717) is 12.1 Å². The molecule has 0 bridgehead atoms. The summed E-state index contributed by atoms with van der Waals surface area (Å²) in [6.07, 6.45) is 4.66. The predicted molar refractivity (Wildman–Crippen MR) is 68.1 cm³/mol. The lowest BCUT2D eigenvalue weighted by molar-refractivity contribution is -0.0515. The summed E-state index contributed by atoms with van der Waals surface area (Å²) < 4.78 is 5.78. The van der Waals surface area contributed by atoms with E-state index in [1.807, 2.05) is 0 Å². The molecule has 17 heavy (non-hydrogen) atoms. The minimum atomic E-state index is -0.143. The van der Waals surface area contributed by atoms with Gasteiger partial charge in [0.05, 0.1) is 18.8 Å². The van der Waals surface area contributed by atoms with Crippen LogP contribution in [0.2, 0.25) is 0 Å². The molecule has 4 heteroatoms. The molecule has 4 nitrogen and oxygen atoms in total. The van der Waals surface area contributed by atoms with Crippen LogP contribution in [0.5, 0.6) is 0 Å². The minimum Gasteiger partial charge on any atom is -0.391 e. The van der Waals surface area contributed by atoms with Gasteiger partial charge in [0.1, 0.15) is 0 Å². The van der Waals surface area contributed by atoms with E-state index in [1.54, 1.807) is 0 Å². The second kappa shape index (κ2) is 6.14. The van der Waals surface area contributed by atoms with Crippen molar-refractivity contribution in [3.05, 3.63) is 0 Å². The van der Waals surface area contributed by atoms with Crippen molar-refractivity contribution in [2.45, 2.75) is 43.9 Å². The summed E-state index contributed by atoms with van der Waals surface area (Å²) in [4.78, 5) is 4.62. The molecule has 0 spiro atoms. The smallest absolute Gasteiger partial charge is 0.0829 e. The first-order valence-corrected chi connectivity index (χ1v) is 6.85. The van der Waals surface area contributed by atoms with Crippen molar-refractivity contribution in [1.29, 1.82) is 0 Å². The molecule has 1 saturated carbocycles. The second-order valence-electron chi connectivity index (χ2n) is 5.61. The maximum absolute atomic E-state index is 10.0. The monoisotopic (exact) mass is 242 g/mol. The van der Waals surface area contributed by atoms with Gasteiger partial charge < -0.3 is 14.7 Å². The van der Waals surface area contributed by atoms with Gasteiger partial charge in [-0.3, -0.25) is 4.90 Å². The van der Waals surface area contributed by atoms with E-state index >= 15 is 0 Å². The van der Waals surface area contributed by atoms with Crippen LogP contribution in [0.3, 0.4) is 0 Å². The molecule has 0 aromatic heterocycles. The van der Waals surface area contributed by atoms with Crippen LogP contribution < -0.4 is 0 Å². The molecule has 100 valence electrons. The number of hydrogen-bond donors (Lipinski definition) is 1. The number of aliphatic hydroxyl groups is 1. The molecule has 2 aliphatic rings. The van der Waals surface area contributed by atoms with E-state index in [0.717, 1.165) is 39.1 Å². The molecule has 0 aromatic carbocycles. The van der Waals surface area contributed by atoms with Gasteiger partial charge in [0.25, 0.3) is 0 Å². The molecular formula is C13H26N2O2. The summed E-state index contributed by atoms with van der Waals surface area (Å²) in [6.45, 7) is 3.81. The molecule has 0 radical (unpaired) electrons. The quantitative estimate of drug-likeness (QED) is 0.784. The third-order valence-corrected chi connectivity index (χ3v) is 4.09. The molecule has 0 amide bonds. The summed E-state index contributed by atoms with van der Waals surface area (Å²) >= 11 is 0. The van der Waals surface area contributed by atoms with Crippen molar-refractivity contribution in [2.75, 3.05) is 40.3 Å². The number of hydrogen-bond acceptors (Lipinski definition) is 4. The Bertz CT molecular complexity index is 237. The van der Waals surface area contributed by atoms with Crippen LogP contribution in [0, 0.1) is 0 Å². The third kappa shape index (κ3) is 3.65. The fourth-order valence-corrected chi connectivity index (χ4v) is 3.04. The first-order chi connectivity index (χ1) is 8.16. The molecule has 1 aliphatic heterocycles. The maximum atomic E-state index is 10.0. The topological polar surface area (TPSA) is 35.9 Å². The van der Waals surface area contributed by atoms with Gasteiger partial charge in [-0.15, -0.1) is 0 Å². The van der Waals surface area contributed by atoms with Crippen molar-refractivity contribution in [1.82, 2.24) is 9.80 Å². The molecule has 1 heterocycles. The van der Waals surface area contributed by atoms with Crippen LogP contribution in [0.4, 0.5) is 0 Å². The summed E-state index contributed by atoms with van der Waals surface area (Å²) in [5.41, 5.74) is 0. The van der Waals surface area contributed by atoms with Crippen molar-refractivity contribution >= 4 is 0 Å². The zero-order valence-corrected chi connectivity index (χ0v) is 11.1. The van der Waals surface area contributed by atoms with E-state index in [-0.39, 0.29) is 6.10 Å². The number of likely N-dealkylation sites (N-methyl/N-ethyl adjacent to an activating group) is 2. The van der Waals surface area contributed by atoms with Crippen LogP contribution in [0.15, 0.2) is 0 Å². The highest BCUT2D eigenvalue weighted by molar-refractivity contribution is 4.83. The van der Waals surface area contributed by atoms with Gasteiger partial charge in [0.15, 0.2) is 0 Å². The van der Waals surface area contributed by atoms with E-state index in [9.17, 15) is 5.11 Å². The number of aliphatic hydroxyl groups excluding tert-OH is 1. The van der Waals surface area contributed by atoms with Crippen LogP contribution in [0.1, 0.15) is 25.7 Å². The normalized spacial score (nSPS) is 36.4. The van der Waals surface area contributed by atoms with Gasteiger partial charge in [-0.2, -0.15) is 0 Å². The number of morpholine rings is 1. The summed E-state index contributed by atoms with van der Waals surface area (Å²) in [5, 5.41) is 10.0. The zero-order valence-electron chi connectivity index (χ0n) is 11.1. The molecular weight excluding hydrogens is 216 g/mol. The van der Waals surface area contributed by atoms with Crippen molar-refractivity contribution < 1.29 is 9.84 Å². The Labute approximate surface area is 105 Å². The van der Waals surface area contributed by atoms with Gasteiger partial charge in [-0.25, -0.2) is 0 Å². The first kappa shape index (κ1) is 13.3. The van der Waals surface area contributed by atoms with E-state index < -0.39 is 0 Å². The largest absolute Gasteiger partial charge is 0.391 e. The zero-order chi connectivity index (χ0) is 12.3. The molecule has 3 atom stereocenters. The lowest BCUT2D eigenvalue weighted by atomic mass is 9.91. The van der Waals surface area contributed by atoms with Crippen LogP contribution in [-0.4, -0.2) is 73.5 Å². The first-order valence-electron chi connectivity index (χ1n) is 6.85. The Hall–Kier alpha value is -0.160. The van der Waals surface area contributed by atoms with E-state index in [2.05, 4.69) is 23.9 Å². The fourth-order valence-electron chi connectivity index (χ4n) is 3.04. The molecule has 2 rings (SSSR count). The highest BCUT2D eigenvalue weighted by Gasteiger charge is 2.29. The third-order valence-electron chi connectivity index (χ3n) is 4.09. The van der Waals surface area contributed by atoms with Crippen LogP contribution in [-0.2, 0) is 4.74 Å². The van der Waals surface area contributed by atoms with Gasteiger partial charge in [0, 0.05) is 25.7 Å². The number of ether oxygens (including phenoxy) is 1. The average Bonchev–Trinajstić information content (AvgIpc) is 2.29. The standard InChI is InChI=1S/C13H26N2O2/c1-14-7-8-17-11(9-14)10-15(2)12-5-3-4-6-13(12)16/h11-13,16H,3-10H2,1-2H3. The minimum absolute atomic E-state index is 0.143. The highest BCUT2D eigenvalue weighted by Crippen LogP contribution is 2.22. The summed E-state index contributed by atoms with van der Waals surface area (Å²) in [5.74, 6) is 0. The van der Waals surface area contributed by atoms with Gasteiger partial charge in [0.2, 0.25) is 0 Å². The Balaban J connectivity index is 1.80. The molecule has 1 N–H and O–H groups in total. The Morgan fingerprint density at radius 2 is 2.12 bits per heavy atom. The lowest BCUT2D eigenvalue weighted by Gasteiger charge is -2.39. The molecule has 3 unspecified atom stereocenters. The maximum Gasteiger partial charge on any atom is 0.0829 e. The predicted octanol–water partition coefficient (Wildman–Crippen LogP) is 0.552. The van der Waals surface area contributed by atoms with Crippen LogP contribution in [0.25, 0.3) is 0 Å². The van der Waals surface area contributed by atoms with Crippen molar-refractivity contribution in [3.8, 4) is 0 Å². The Morgan fingerprint density at radius 3 is 2.82 bits per heavy atom. The second-order valence-corrected chi connectivity index (χ2v) is 5.61. The molecule has 0 aromatic rings. The number of nitrogens with zero attached hydrogens (tertiary/aromatic N) is 2. The van der Waals surface area contributed by atoms with Gasteiger partial charge in [-0.05, 0) is 26.9 Å². The SMILES string of the molecule is CN1CCOC(CN(C)C2CCCCC2O)C1. The molecule has 1 saturated heterocycles. The molecule has 2 fully saturated rings. The van der Waals surface area contributed by atoms with Crippen molar-refractivity contribution in [3.63, 3.8) is 0 Å².